The molecule has 0 aliphatic carbocycles. The molecule has 10 heteroatoms. The van der Waals surface area contributed by atoms with Crippen molar-refractivity contribution in [3.8, 4) is 0 Å². The van der Waals surface area contributed by atoms with Crippen LogP contribution in [0.25, 0.3) is 0 Å². The van der Waals surface area contributed by atoms with E-state index in [1.54, 1.807) is 13.8 Å². The third-order valence-electron chi connectivity index (χ3n) is 3.82. The number of hydrogen-bond acceptors (Lipinski definition) is 8. The number of anilines is 1. The zero-order chi connectivity index (χ0) is 18.0. The number of carbonyl (C=O) groups excluding carboxylic acids is 1. The maximum Gasteiger partial charge on any atom is 0.351 e. The molecule has 0 amide bonds. The van der Waals surface area contributed by atoms with E-state index in [0.29, 0.717) is 0 Å². The normalized spacial score (nSPS) is 28.1. The van der Waals surface area contributed by atoms with Gasteiger partial charge >= 0.3 is 11.7 Å². The summed E-state index contributed by atoms with van der Waals surface area (Å²) in [5.41, 5.74) is 10.2. The second kappa shape index (κ2) is 7.24. The summed E-state index contributed by atoms with van der Waals surface area (Å²) in [6, 6.07) is 0.371. The summed E-state index contributed by atoms with van der Waals surface area (Å²) in [6.45, 7) is 2.84. The van der Waals surface area contributed by atoms with Crippen molar-refractivity contribution in [3.63, 3.8) is 0 Å². The number of ether oxygens (including phenoxy) is 2. The van der Waals surface area contributed by atoms with Crippen LogP contribution in [-0.2, 0) is 14.3 Å². The largest absolute Gasteiger partial charge is 0.455 e. The van der Waals surface area contributed by atoms with Gasteiger partial charge in [-0.05, 0) is 12.0 Å². The molecule has 1 aliphatic rings. The van der Waals surface area contributed by atoms with Gasteiger partial charge in [0.15, 0.2) is 18.5 Å². The highest BCUT2D eigenvalue weighted by Gasteiger charge is 2.49. The van der Waals surface area contributed by atoms with E-state index < -0.39 is 48.9 Å². The number of aliphatic hydroxyl groups excluding tert-OH is 1. The average Bonchev–Trinajstić information content (AvgIpc) is 2.83. The monoisotopic (exact) mass is 344 g/mol. The summed E-state index contributed by atoms with van der Waals surface area (Å²) in [7, 11) is 0. The Labute approximate surface area is 137 Å². The number of aliphatic hydroxyl groups is 1. The third-order valence-corrected chi connectivity index (χ3v) is 3.82. The predicted molar refractivity (Wildman–Crippen MR) is 81.5 cm³/mol. The molecule has 5 N–H and O–H groups in total. The Kier molecular flexibility index (Phi) is 5.52. The van der Waals surface area contributed by atoms with Crippen molar-refractivity contribution in [1.29, 1.82) is 0 Å². The molecule has 134 valence electrons. The van der Waals surface area contributed by atoms with Crippen LogP contribution in [0, 0.1) is 5.92 Å². The van der Waals surface area contributed by atoms with Crippen molar-refractivity contribution in [2.45, 2.75) is 44.5 Å². The highest BCUT2D eigenvalue weighted by molar-refractivity contribution is 5.76. The van der Waals surface area contributed by atoms with Gasteiger partial charge in [0, 0.05) is 6.20 Å². The number of aromatic nitrogens is 2. The molecule has 5 atom stereocenters. The molecule has 24 heavy (non-hydrogen) atoms. The van der Waals surface area contributed by atoms with Crippen LogP contribution < -0.4 is 17.2 Å². The SMILES string of the molecule is CC(C)C(N)C(=O)O[C@H]1[C@@H](F)[C@H](n2ccc(N)nc2=O)O[C@@H]1CO. The van der Waals surface area contributed by atoms with Crippen LogP contribution in [0.3, 0.4) is 0 Å². The zero-order valence-corrected chi connectivity index (χ0v) is 13.3. The third kappa shape index (κ3) is 3.55. The standard InChI is InChI=1S/C14H21FN4O5/c1-6(2)10(17)13(21)24-11-7(5-20)23-12(9(11)15)19-4-3-8(16)18-14(19)22/h3-4,6-7,9-12,20H,5,17H2,1-2H3,(H2,16,18,22)/t7-,9-,10?,11-,12-/m1/s1. The number of nitrogens with zero attached hydrogens (tertiary/aromatic N) is 2. The van der Waals surface area contributed by atoms with Crippen LogP contribution >= 0.6 is 0 Å². The highest BCUT2D eigenvalue weighted by Crippen LogP contribution is 2.33. The van der Waals surface area contributed by atoms with Gasteiger partial charge in [-0.25, -0.2) is 9.18 Å². The molecule has 0 radical (unpaired) electrons. The van der Waals surface area contributed by atoms with Gasteiger partial charge in [0.25, 0.3) is 0 Å². The molecular weight excluding hydrogens is 323 g/mol. The van der Waals surface area contributed by atoms with E-state index in [0.717, 1.165) is 4.57 Å². The molecule has 1 saturated heterocycles. The van der Waals surface area contributed by atoms with Gasteiger partial charge in [-0.3, -0.25) is 9.36 Å². The summed E-state index contributed by atoms with van der Waals surface area (Å²) < 4.78 is 26.0. The topological polar surface area (TPSA) is 143 Å². The lowest BCUT2D eigenvalue weighted by atomic mass is 10.1. The average molecular weight is 344 g/mol. The van der Waals surface area contributed by atoms with Crippen LogP contribution in [0.5, 0.6) is 0 Å². The van der Waals surface area contributed by atoms with Crippen molar-refractivity contribution in [2.75, 3.05) is 12.3 Å². The second-order valence-corrected chi connectivity index (χ2v) is 5.91. The smallest absolute Gasteiger partial charge is 0.351 e. The second-order valence-electron chi connectivity index (χ2n) is 5.91. The maximum atomic E-state index is 14.7. The van der Waals surface area contributed by atoms with Crippen LogP contribution in [0.15, 0.2) is 17.1 Å². The highest BCUT2D eigenvalue weighted by atomic mass is 19.1. The molecular formula is C14H21FN4O5. The maximum absolute atomic E-state index is 14.7. The summed E-state index contributed by atoms with van der Waals surface area (Å²) in [4.78, 5) is 27.3. The number of esters is 1. The van der Waals surface area contributed by atoms with Gasteiger partial charge < -0.3 is 26.0 Å². The lowest BCUT2D eigenvalue weighted by Crippen LogP contribution is -2.44. The molecule has 0 aromatic carbocycles. The van der Waals surface area contributed by atoms with E-state index in [1.807, 2.05) is 0 Å². The Morgan fingerprint density at radius 3 is 2.79 bits per heavy atom. The number of halogens is 1. The minimum Gasteiger partial charge on any atom is -0.455 e. The fourth-order valence-corrected chi connectivity index (χ4v) is 2.31. The first kappa shape index (κ1) is 18.3. The molecule has 9 nitrogen and oxygen atoms in total. The van der Waals surface area contributed by atoms with Crippen LogP contribution in [0.1, 0.15) is 20.1 Å². The quantitative estimate of drug-likeness (QED) is 0.574. The lowest BCUT2D eigenvalue weighted by molar-refractivity contribution is -0.157. The number of rotatable bonds is 5. The Morgan fingerprint density at radius 2 is 2.25 bits per heavy atom. The van der Waals surface area contributed by atoms with E-state index in [4.69, 9.17) is 20.9 Å². The Morgan fingerprint density at radius 1 is 1.58 bits per heavy atom. The summed E-state index contributed by atoms with van der Waals surface area (Å²) in [6.07, 6.45) is -4.57. The fraction of sp³-hybridized carbons (Fsp3) is 0.643. The lowest BCUT2D eigenvalue weighted by Gasteiger charge is -2.22. The summed E-state index contributed by atoms with van der Waals surface area (Å²) >= 11 is 0. The number of carbonyl (C=O) groups is 1. The molecule has 2 heterocycles. The van der Waals surface area contributed by atoms with E-state index in [-0.39, 0.29) is 11.7 Å². The van der Waals surface area contributed by atoms with Gasteiger partial charge in [0.1, 0.15) is 18.0 Å². The van der Waals surface area contributed by atoms with Gasteiger partial charge in [-0.1, -0.05) is 13.8 Å². The predicted octanol–water partition coefficient (Wildman–Crippen LogP) is -1.05. The van der Waals surface area contributed by atoms with Crippen molar-refractivity contribution in [3.05, 3.63) is 22.7 Å². The number of nitrogens with two attached hydrogens (primary N) is 2. The summed E-state index contributed by atoms with van der Waals surface area (Å²) in [5.74, 6) is -1.03. The molecule has 1 aromatic rings. The zero-order valence-electron chi connectivity index (χ0n) is 13.3. The fourth-order valence-electron chi connectivity index (χ4n) is 2.31. The van der Waals surface area contributed by atoms with E-state index >= 15 is 0 Å². The number of hydrogen-bond donors (Lipinski definition) is 3. The van der Waals surface area contributed by atoms with Crippen LogP contribution in [-0.4, -0.2) is 51.7 Å². The van der Waals surface area contributed by atoms with Crippen LogP contribution in [0.2, 0.25) is 0 Å². The minimum absolute atomic E-state index is 0.0192. The van der Waals surface area contributed by atoms with Crippen molar-refractivity contribution >= 4 is 11.8 Å². The molecule has 1 unspecified atom stereocenters. The first-order valence-corrected chi connectivity index (χ1v) is 7.47. The molecule has 0 saturated carbocycles. The first-order chi connectivity index (χ1) is 11.3. The summed E-state index contributed by atoms with van der Waals surface area (Å²) in [5, 5.41) is 9.36. The van der Waals surface area contributed by atoms with Crippen molar-refractivity contribution in [1.82, 2.24) is 9.55 Å². The van der Waals surface area contributed by atoms with E-state index in [1.165, 1.54) is 12.3 Å². The Hall–Kier alpha value is -2.04. The number of alkyl halides is 1. The minimum atomic E-state index is -1.88. The van der Waals surface area contributed by atoms with Crippen molar-refractivity contribution < 1.29 is 23.8 Å². The Bertz CT molecular complexity index is 652. The van der Waals surface area contributed by atoms with Gasteiger partial charge in [0.05, 0.1) is 6.61 Å². The van der Waals surface area contributed by atoms with Crippen molar-refractivity contribution in [2.24, 2.45) is 11.7 Å². The van der Waals surface area contributed by atoms with Gasteiger partial charge in [-0.2, -0.15) is 4.98 Å². The molecule has 1 aliphatic heterocycles. The molecule has 1 aromatic heterocycles. The Balaban J connectivity index is 2.21. The van der Waals surface area contributed by atoms with E-state index in [2.05, 4.69) is 4.98 Å². The van der Waals surface area contributed by atoms with Gasteiger partial charge in [-0.15, -0.1) is 0 Å². The molecule has 0 spiro atoms. The van der Waals surface area contributed by atoms with E-state index in [9.17, 15) is 19.1 Å². The number of nitrogen functional groups attached to an aromatic ring is 1. The molecule has 0 bridgehead atoms. The first-order valence-electron chi connectivity index (χ1n) is 7.47. The van der Waals surface area contributed by atoms with Gasteiger partial charge in [0.2, 0.25) is 0 Å². The molecule has 1 fully saturated rings. The molecule has 2 rings (SSSR count). The van der Waals surface area contributed by atoms with Crippen LogP contribution in [0.4, 0.5) is 10.2 Å².